The van der Waals surface area contributed by atoms with E-state index in [1.165, 1.54) is 4.90 Å². The van der Waals surface area contributed by atoms with Crippen LogP contribution in [0.1, 0.15) is 37.7 Å². The lowest BCUT2D eigenvalue weighted by molar-refractivity contribution is -0.140. The maximum Gasteiger partial charge on any atom is 0.233 e. The number of likely N-dealkylation sites (tertiary alicyclic amines) is 1. The molecule has 156 valence electrons. The largest absolute Gasteiger partial charge is 0.326 e. The van der Waals surface area contributed by atoms with Gasteiger partial charge in [-0.1, -0.05) is 56.0 Å². The molecule has 1 heterocycles. The van der Waals surface area contributed by atoms with Gasteiger partial charge < -0.3 is 5.32 Å². The number of unbranched alkanes of at least 4 members (excludes halogenated alkanes) is 2. The molecule has 1 N–H and O–H groups in total. The lowest BCUT2D eigenvalue weighted by atomic mass is 9.81. The number of alkyl halides is 2. The van der Waals surface area contributed by atoms with Gasteiger partial charge in [-0.3, -0.25) is 19.3 Å². The van der Waals surface area contributed by atoms with E-state index < -0.39 is 0 Å². The second kappa shape index (κ2) is 8.50. The summed E-state index contributed by atoms with van der Waals surface area (Å²) in [7, 11) is 0. The number of carbonyl (C=O) groups is 3. The first-order valence-corrected chi connectivity index (χ1v) is 12.2. The summed E-state index contributed by atoms with van der Waals surface area (Å²) in [6.07, 6.45) is 3.73. The van der Waals surface area contributed by atoms with Crippen LogP contribution in [0.4, 0.5) is 5.69 Å². The molecule has 3 fully saturated rings. The van der Waals surface area contributed by atoms with E-state index >= 15 is 0 Å². The van der Waals surface area contributed by atoms with Crippen molar-refractivity contribution < 1.29 is 14.4 Å². The van der Waals surface area contributed by atoms with E-state index in [-0.39, 0.29) is 51.0 Å². The molecule has 0 spiro atoms. The minimum atomic E-state index is -0.133. The van der Waals surface area contributed by atoms with Gasteiger partial charge in [0, 0.05) is 28.3 Å². The molecule has 7 heteroatoms. The van der Waals surface area contributed by atoms with E-state index in [0.29, 0.717) is 13.0 Å². The molecule has 1 saturated heterocycles. The molecule has 29 heavy (non-hydrogen) atoms. The minimum absolute atomic E-state index is 0.0000100. The number of nitrogens with zero attached hydrogens (tertiary/aromatic N) is 1. The van der Waals surface area contributed by atoms with Crippen molar-refractivity contribution >= 4 is 55.3 Å². The average molecular weight is 526 g/mol. The van der Waals surface area contributed by atoms with Crippen LogP contribution in [0.5, 0.6) is 0 Å². The van der Waals surface area contributed by atoms with Gasteiger partial charge in [-0.2, -0.15) is 0 Å². The Morgan fingerprint density at radius 2 is 1.59 bits per heavy atom. The van der Waals surface area contributed by atoms with Gasteiger partial charge in [-0.25, -0.2) is 0 Å². The highest BCUT2D eigenvalue weighted by molar-refractivity contribution is 9.12. The van der Waals surface area contributed by atoms with Gasteiger partial charge in [0.25, 0.3) is 0 Å². The average Bonchev–Trinajstić information content (AvgIpc) is 3.29. The zero-order chi connectivity index (χ0) is 20.7. The standard InChI is InChI=1S/C22H26Br2N2O3/c1-12-6-8-13(9-7-12)25-16(27)5-3-2-4-10-26-21(28)17-14-11-15(18(17)22(26)29)20(24)19(14)23/h6-9,14-15,17-20H,2-5,10-11H2,1H3,(H,25,27). The number of carbonyl (C=O) groups excluding carboxylic acids is 3. The molecular formula is C22H26Br2N2O3. The molecule has 6 unspecified atom stereocenters. The van der Waals surface area contributed by atoms with Crippen LogP contribution in [0, 0.1) is 30.6 Å². The number of nitrogens with one attached hydrogen (secondary N) is 1. The number of hydrogen-bond donors (Lipinski definition) is 1. The zero-order valence-corrected chi connectivity index (χ0v) is 19.6. The molecule has 0 radical (unpaired) electrons. The summed E-state index contributed by atoms with van der Waals surface area (Å²) in [5.41, 5.74) is 1.97. The maximum absolute atomic E-state index is 12.8. The number of amides is 3. The normalized spacial score (nSPS) is 32.7. The number of fused-ring (bicyclic) bond motifs is 5. The Morgan fingerprint density at radius 1 is 1.00 bits per heavy atom. The molecule has 2 bridgehead atoms. The Morgan fingerprint density at radius 3 is 2.17 bits per heavy atom. The molecule has 3 aliphatic rings. The van der Waals surface area contributed by atoms with Crippen LogP contribution in [0.2, 0.25) is 0 Å². The van der Waals surface area contributed by atoms with E-state index in [1.54, 1.807) is 0 Å². The topological polar surface area (TPSA) is 66.5 Å². The van der Waals surface area contributed by atoms with Crippen LogP contribution in [0.3, 0.4) is 0 Å². The maximum atomic E-state index is 12.8. The lowest BCUT2D eigenvalue weighted by Crippen LogP contribution is -2.37. The summed E-state index contributed by atoms with van der Waals surface area (Å²) in [6.45, 7) is 2.49. The highest BCUT2D eigenvalue weighted by Crippen LogP contribution is 2.60. The summed E-state index contributed by atoms with van der Waals surface area (Å²) in [6, 6.07) is 7.74. The van der Waals surface area contributed by atoms with E-state index in [1.807, 2.05) is 31.2 Å². The van der Waals surface area contributed by atoms with Crippen molar-refractivity contribution in [2.45, 2.75) is 48.7 Å². The highest BCUT2D eigenvalue weighted by Gasteiger charge is 2.66. The third-order valence-electron chi connectivity index (χ3n) is 6.70. The van der Waals surface area contributed by atoms with E-state index in [0.717, 1.165) is 36.9 Å². The van der Waals surface area contributed by atoms with Crippen molar-refractivity contribution in [3.05, 3.63) is 29.8 Å². The zero-order valence-electron chi connectivity index (χ0n) is 16.4. The first kappa shape index (κ1) is 21.0. The molecule has 1 aliphatic heterocycles. The van der Waals surface area contributed by atoms with Gasteiger partial charge in [0.1, 0.15) is 0 Å². The number of halogens is 2. The van der Waals surface area contributed by atoms with Crippen LogP contribution in [0.15, 0.2) is 24.3 Å². The van der Waals surface area contributed by atoms with Crippen LogP contribution in [-0.4, -0.2) is 38.8 Å². The van der Waals surface area contributed by atoms with Gasteiger partial charge in [0.2, 0.25) is 17.7 Å². The summed E-state index contributed by atoms with van der Waals surface area (Å²) >= 11 is 7.42. The molecule has 4 rings (SSSR count). The molecule has 1 aromatic rings. The molecule has 3 amide bonds. The van der Waals surface area contributed by atoms with Crippen molar-refractivity contribution in [1.29, 1.82) is 0 Å². The predicted molar refractivity (Wildman–Crippen MR) is 119 cm³/mol. The smallest absolute Gasteiger partial charge is 0.233 e. The number of imide groups is 1. The van der Waals surface area contributed by atoms with Crippen LogP contribution >= 0.6 is 31.9 Å². The summed E-state index contributed by atoms with van der Waals surface area (Å²) in [5, 5.41) is 2.90. The second-order valence-corrected chi connectivity index (χ2v) is 10.7. The highest BCUT2D eigenvalue weighted by atomic mass is 79.9. The molecule has 2 aliphatic carbocycles. The number of rotatable bonds is 7. The van der Waals surface area contributed by atoms with Crippen molar-refractivity contribution in [1.82, 2.24) is 4.90 Å². The Balaban J connectivity index is 1.20. The molecule has 5 nitrogen and oxygen atoms in total. The summed E-state index contributed by atoms with van der Waals surface area (Å²) < 4.78 is 0. The van der Waals surface area contributed by atoms with Crippen molar-refractivity contribution in [2.75, 3.05) is 11.9 Å². The number of anilines is 1. The first-order valence-electron chi connectivity index (χ1n) is 10.4. The van der Waals surface area contributed by atoms with Crippen LogP contribution in [-0.2, 0) is 14.4 Å². The Kier molecular flexibility index (Phi) is 6.17. The second-order valence-electron chi connectivity index (χ2n) is 8.56. The van der Waals surface area contributed by atoms with Crippen molar-refractivity contribution in [2.24, 2.45) is 23.7 Å². The first-order chi connectivity index (χ1) is 13.9. The minimum Gasteiger partial charge on any atom is -0.326 e. The van der Waals surface area contributed by atoms with E-state index in [9.17, 15) is 14.4 Å². The van der Waals surface area contributed by atoms with Gasteiger partial charge >= 0.3 is 0 Å². The van der Waals surface area contributed by atoms with Crippen molar-refractivity contribution in [3.8, 4) is 0 Å². The van der Waals surface area contributed by atoms with E-state index in [4.69, 9.17) is 0 Å². The third-order valence-corrected chi connectivity index (χ3v) is 9.91. The molecule has 1 aromatic carbocycles. The fourth-order valence-corrected chi connectivity index (χ4v) is 7.10. The third kappa shape index (κ3) is 3.92. The quantitative estimate of drug-likeness (QED) is 0.328. The van der Waals surface area contributed by atoms with Crippen molar-refractivity contribution in [3.63, 3.8) is 0 Å². The fourth-order valence-electron chi connectivity index (χ4n) is 5.22. The number of hydrogen-bond acceptors (Lipinski definition) is 3. The predicted octanol–water partition coefficient (Wildman–Crippen LogP) is 4.27. The Hall–Kier alpha value is -1.21. The lowest BCUT2D eigenvalue weighted by Gasteiger charge is -2.28. The van der Waals surface area contributed by atoms with Crippen LogP contribution in [0.25, 0.3) is 0 Å². The van der Waals surface area contributed by atoms with Crippen LogP contribution < -0.4 is 5.32 Å². The number of aryl methyl sites for hydroxylation is 1. The fraction of sp³-hybridized carbons (Fsp3) is 0.591. The Labute approximate surface area is 188 Å². The Bertz CT molecular complexity index is 781. The number of benzene rings is 1. The van der Waals surface area contributed by atoms with E-state index in [2.05, 4.69) is 37.2 Å². The monoisotopic (exact) mass is 524 g/mol. The van der Waals surface area contributed by atoms with Gasteiger partial charge in [0.05, 0.1) is 11.8 Å². The van der Waals surface area contributed by atoms with Gasteiger partial charge in [-0.15, -0.1) is 0 Å². The molecule has 0 aromatic heterocycles. The van der Waals surface area contributed by atoms with Gasteiger partial charge in [0.15, 0.2) is 0 Å². The summed E-state index contributed by atoms with van der Waals surface area (Å²) in [4.78, 5) is 39.8. The SMILES string of the molecule is Cc1ccc(NC(=O)CCCCCN2C(=O)C3C4CC(C(Br)C4Br)C3C2=O)cc1. The molecule has 6 atom stereocenters. The van der Waals surface area contributed by atoms with Gasteiger partial charge in [-0.05, 0) is 50.2 Å². The summed E-state index contributed by atoms with van der Waals surface area (Å²) in [5.74, 6) is 0.307. The molecule has 2 saturated carbocycles. The molecular weight excluding hydrogens is 500 g/mol.